The van der Waals surface area contributed by atoms with Crippen molar-refractivity contribution in [2.24, 2.45) is 5.92 Å². The summed E-state index contributed by atoms with van der Waals surface area (Å²) in [5.74, 6) is 0.638. The van der Waals surface area contributed by atoms with Gasteiger partial charge >= 0.3 is 0 Å². The topological polar surface area (TPSA) is 20.3 Å². The lowest BCUT2D eigenvalue weighted by Gasteiger charge is -2.29. The number of carbonyl (C=O) groups is 1. The molecule has 2 heteroatoms. The third-order valence-corrected chi connectivity index (χ3v) is 4.40. The minimum Gasteiger partial charge on any atom is -0.309 e. The largest absolute Gasteiger partial charge is 0.309 e. The molecule has 1 heterocycles. The second-order valence-electron chi connectivity index (χ2n) is 5.73. The number of nitrogens with zero attached hydrogens (tertiary/aromatic N) is 1. The molecule has 0 N–H and O–H groups in total. The highest BCUT2D eigenvalue weighted by atomic mass is 16.2. The van der Waals surface area contributed by atoms with E-state index in [-0.39, 0.29) is 5.92 Å². The molecule has 1 fully saturated rings. The molecule has 1 aliphatic carbocycles. The second-order valence-corrected chi connectivity index (χ2v) is 5.73. The van der Waals surface area contributed by atoms with Crippen molar-refractivity contribution in [3.63, 3.8) is 0 Å². The highest BCUT2D eigenvalue weighted by Gasteiger charge is 2.34. The Hall–Kier alpha value is -1.31. The Morgan fingerprint density at radius 2 is 1.89 bits per heavy atom. The molecule has 0 spiro atoms. The number of para-hydroxylation sites is 1. The van der Waals surface area contributed by atoms with Crippen molar-refractivity contribution in [2.75, 3.05) is 4.90 Å². The molecule has 2 nitrogen and oxygen atoms in total. The van der Waals surface area contributed by atoms with Crippen molar-refractivity contribution in [1.82, 2.24) is 0 Å². The molecular formula is C16H21NO. The maximum Gasteiger partial charge on any atom is 0.230 e. The Bertz CT molecular complexity index is 448. The van der Waals surface area contributed by atoms with Crippen LogP contribution >= 0.6 is 0 Å². The summed E-state index contributed by atoms with van der Waals surface area (Å²) in [6.45, 7) is 2.17. The first kappa shape index (κ1) is 11.8. The molecule has 96 valence electrons. The fourth-order valence-electron chi connectivity index (χ4n) is 3.45. The molecule has 1 amide bonds. The minimum atomic E-state index is 0.271. The fraction of sp³-hybridized carbons (Fsp3) is 0.562. The van der Waals surface area contributed by atoms with Crippen molar-refractivity contribution < 1.29 is 4.79 Å². The van der Waals surface area contributed by atoms with E-state index in [9.17, 15) is 4.79 Å². The molecule has 0 bridgehead atoms. The van der Waals surface area contributed by atoms with E-state index >= 15 is 0 Å². The molecule has 3 rings (SSSR count). The molecule has 1 saturated carbocycles. The second kappa shape index (κ2) is 4.75. The molecule has 0 saturated heterocycles. The van der Waals surface area contributed by atoms with E-state index in [2.05, 4.69) is 30.0 Å². The van der Waals surface area contributed by atoms with Crippen LogP contribution in [0.5, 0.6) is 0 Å². The highest BCUT2D eigenvalue weighted by molar-refractivity contribution is 5.97. The molecule has 0 aromatic heterocycles. The molecule has 1 atom stereocenters. The maximum absolute atomic E-state index is 12.7. The number of benzene rings is 1. The average molecular weight is 243 g/mol. The van der Waals surface area contributed by atoms with Gasteiger partial charge in [0.05, 0.1) is 0 Å². The lowest BCUT2D eigenvalue weighted by Crippen LogP contribution is -2.40. The number of carbonyl (C=O) groups excluding carboxylic acids is 1. The van der Waals surface area contributed by atoms with Gasteiger partial charge in [-0.1, -0.05) is 37.5 Å². The molecule has 2 aliphatic rings. The molecule has 1 aromatic rings. The van der Waals surface area contributed by atoms with Gasteiger partial charge in [-0.3, -0.25) is 4.79 Å². The van der Waals surface area contributed by atoms with Crippen LogP contribution in [0.4, 0.5) is 5.69 Å². The lowest BCUT2D eigenvalue weighted by atomic mass is 9.88. The quantitative estimate of drug-likeness (QED) is 0.738. The van der Waals surface area contributed by atoms with Crippen LogP contribution < -0.4 is 4.90 Å². The standard InChI is InChI=1S/C16H21NO/c1-12-11-14-9-5-6-10-15(14)17(12)16(18)13-7-3-2-4-8-13/h5-6,9-10,12-13H,2-4,7-8,11H2,1H3/t12-/m1/s1. The summed E-state index contributed by atoms with van der Waals surface area (Å²) < 4.78 is 0. The van der Waals surface area contributed by atoms with Gasteiger partial charge in [0, 0.05) is 17.6 Å². The van der Waals surface area contributed by atoms with Gasteiger partial charge in [0.25, 0.3) is 0 Å². The van der Waals surface area contributed by atoms with Crippen LogP contribution in [0.1, 0.15) is 44.6 Å². The third-order valence-electron chi connectivity index (χ3n) is 4.40. The summed E-state index contributed by atoms with van der Waals surface area (Å²) in [5, 5.41) is 0. The summed E-state index contributed by atoms with van der Waals surface area (Å²) in [7, 11) is 0. The van der Waals surface area contributed by atoms with E-state index in [1.807, 2.05) is 6.07 Å². The fourth-order valence-corrected chi connectivity index (χ4v) is 3.45. The summed E-state index contributed by atoms with van der Waals surface area (Å²) in [5.41, 5.74) is 2.48. The van der Waals surface area contributed by atoms with Crippen LogP contribution in [-0.4, -0.2) is 11.9 Å². The normalized spacial score (nSPS) is 24.1. The van der Waals surface area contributed by atoms with Crippen molar-refractivity contribution in [3.8, 4) is 0 Å². The first-order valence-electron chi connectivity index (χ1n) is 7.18. The number of anilines is 1. The van der Waals surface area contributed by atoms with Gasteiger partial charge in [0.1, 0.15) is 0 Å². The summed E-state index contributed by atoms with van der Waals surface area (Å²) in [6.07, 6.45) is 6.93. The Labute approximate surface area is 109 Å². The molecule has 0 radical (unpaired) electrons. The van der Waals surface area contributed by atoms with E-state index in [0.29, 0.717) is 11.9 Å². The van der Waals surface area contributed by atoms with Gasteiger partial charge < -0.3 is 4.90 Å². The van der Waals surface area contributed by atoms with Gasteiger partial charge in [-0.15, -0.1) is 0 Å². The maximum atomic E-state index is 12.7. The molecule has 0 unspecified atom stereocenters. The van der Waals surface area contributed by atoms with Crippen molar-refractivity contribution >= 4 is 11.6 Å². The van der Waals surface area contributed by atoms with Gasteiger partial charge in [-0.25, -0.2) is 0 Å². The molecule has 1 aliphatic heterocycles. The van der Waals surface area contributed by atoms with Gasteiger partial charge in [-0.2, -0.15) is 0 Å². The Morgan fingerprint density at radius 3 is 2.67 bits per heavy atom. The highest BCUT2D eigenvalue weighted by Crippen LogP contribution is 2.35. The van der Waals surface area contributed by atoms with Crippen molar-refractivity contribution in [3.05, 3.63) is 29.8 Å². The lowest BCUT2D eigenvalue weighted by molar-refractivity contribution is -0.123. The molecule has 1 aromatic carbocycles. The first-order chi connectivity index (χ1) is 8.77. The van der Waals surface area contributed by atoms with Gasteiger partial charge in [0.15, 0.2) is 0 Å². The number of fused-ring (bicyclic) bond motifs is 1. The SMILES string of the molecule is C[C@@H]1Cc2ccccc2N1C(=O)C1CCCCC1. The smallest absolute Gasteiger partial charge is 0.230 e. The Balaban J connectivity index is 1.85. The molecular weight excluding hydrogens is 222 g/mol. The van der Waals surface area contributed by atoms with E-state index < -0.39 is 0 Å². The van der Waals surface area contributed by atoms with Crippen molar-refractivity contribution in [1.29, 1.82) is 0 Å². The zero-order valence-electron chi connectivity index (χ0n) is 11.1. The summed E-state index contributed by atoms with van der Waals surface area (Å²) in [4.78, 5) is 14.8. The minimum absolute atomic E-state index is 0.271. The Kier molecular flexibility index (Phi) is 3.11. The van der Waals surface area contributed by atoms with E-state index in [1.165, 1.54) is 24.8 Å². The third kappa shape index (κ3) is 1.94. The zero-order chi connectivity index (χ0) is 12.5. The Morgan fingerprint density at radius 1 is 1.17 bits per heavy atom. The zero-order valence-corrected chi connectivity index (χ0v) is 11.1. The van der Waals surface area contributed by atoms with Crippen LogP contribution in [-0.2, 0) is 11.2 Å². The van der Waals surface area contributed by atoms with Crippen molar-refractivity contribution in [2.45, 2.75) is 51.5 Å². The number of amides is 1. The van der Waals surface area contributed by atoms with E-state index in [0.717, 1.165) is 24.9 Å². The predicted molar refractivity (Wildman–Crippen MR) is 73.7 cm³/mol. The first-order valence-corrected chi connectivity index (χ1v) is 7.18. The van der Waals surface area contributed by atoms with E-state index in [4.69, 9.17) is 0 Å². The van der Waals surface area contributed by atoms with Crippen LogP contribution in [0.3, 0.4) is 0 Å². The summed E-state index contributed by atoms with van der Waals surface area (Å²) in [6, 6.07) is 8.69. The van der Waals surface area contributed by atoms with Crippen LogP contribution in [0, 0.1) is 5.92 Å². The molecule has 18 heavy (non-hydrogen) atoms. The van der Waals surface area contributed by atoms with E-state index in [1.54, 1.807) is 0 Å². The van der Waals surface area contributed by atoms with Crippen LogP contribution in [0.2, 0.25) is 0 Å². The van der Waals surface area contributed by atoms with Gasteiger partial charge in [-0.05, 0) is 37.8 Å². The number of rotatable bonds is 1. The predicted octanol–water partition coefficient (Wildman–Crippen LogP) is 3.54. The van der Waals surface area contributed by atoms with Crippen LogP contribution in [0.25, 0.3) is 0 Å². The van der Waals surface area contributed by atoms with Crippen LogP contribution in [0.15, 0.2) is 24.3 Å². The average Bonchev–Trinajstić information content (AvgIpc) is 2.75. The monoisotopic (exact) mass is 243 g/mol. The van der Waals surface area contributed by atoms with Gasteiger partial charge in [0.2, 0.25) is 5.91 Å². The number of hydrogen-bond acceptors (Lipinski definition) is 1. The number of hydrogen-bond donors (Lipinski definition) is 0. The summed E-state index contributed by atoms with van der Waals surface area (Å²) >= 11 is 0.